The number of aliphatic imine (C=N–C) groups is 1. The Morgan fingerprint density at radius 3 is 2.29 bits per heavy atom. The maximum absolute atomic E-state index is 13.2. The zero-order chi connectivity index (χ0) is 22.9. The molecule has 3 heterocycles. The Labute approximate surface area is 197 Å². The first-order valence-corrected chi connectivity index (χ1v) is 12.1. The van der Waals surface area contributed by atoms with Crippen molar-refractivity contribution < 1.29 is 9.59 Å². The Bertz CT molecular complexity index is 1350. The molecule has 170 valence electrons. The average Bonchev–Trinajstić information content (AvgIpc) is 3.76. The summed E-state index contributed by atoms with van der Waals surface area (Å²) in [6.07, 6.45) is 7.14. The minimum atomic E-state index is -0.529. The number of likely N-dealkylation sites (tertiary alicyclic amines) is 1. The Kier molecular flexibility index (Phi) is 4.19. The normalized spacial score (nSPS) is 21.2. The van der Waals surface area contributed by atoms with Crippen LogP contribution in [0.2, 0.25) is 0 Å². The van der Waals surface area contributed by atoms with Crippen LogP contribution in [0.1, 0.15) is 31.2 Å². The number of rotatable bonds is 5. The highest BCUT2D eigenvalue weighted by Crippen LogP contribution is 2.46. The van der Waals surface area contributed by atoms with Crippen LogP contribution in [0.4, 0.5) is 0 Å². The van der Waals surface area contributed by atoms with Crippen molar-refractivity contribution in [2.45, 2.75) is 31.2 Å². The molecule has 1 spiro atoms. The molecule has 0 radical (unpaired) electrons. The van der Waals surface area contributed by atoms with Crippen LogP contribution in [-0.2, 0) is 9.59 Å². The lowest BCUT2D eigenvalue weighted by Crippen LogP contribution is -2.55. The van der Waals surface area contributed by atoms with E-state index < -0.39 is 5.54 Å². The van der Waals surface area contributed by atoms with Gasteiger partial charge in [-0.05, 0) is 48.9 Å². The zero-order valence-corrected chi connectivity index (χ0v) is 18.9. The standard InChI is InChI=1S/C27H25N5O2/c33-25(20-5-6-20)31-14-17(15-31)16-32-24(30-27(9-10-27)26(32)34)19-3-1-18(2-4-19)21-7-8-22-23(13-21)29-12-11-28-22/h1-4,7-8,11-13,17,20H,5-6,9-10,14-16H2. The second-order valence-corrected chi connectivity index (χ2v) is 10.1. The van der Waals surface area contributed by atoms with Crippen molar-refractivity contribution >= 4 is 28.7 Å². The highest BCUT2D eigenvalue weighted by Gasteiger charge is 2.57. The number of aromatic nitrogens is 2. The van der Waals surface area contributed by atoms with E-state index in [4.69, 9.17) is 4.99 Å². The Hall–Kier alpha value is -3.61. The van der Waals surface area contributed by atoms with Gasteiger partial charge in [-0.3, -0.25) is 29.4 Å². The molecule has 0 unspecified atom stereocenters. The first-order chi connectivity index (χ1) is 16.6. The van der Waals surface area contributed by atoms with Gasteiger partial charge in [0.05, 0.1) is 11.0 Å². The quantitative estimate of drug-likeness (QED) is 0.596. The summed E-state index contributed by atoms with van der Waals surface area (Å²) in [5.41, 5.74) is 4.34. The third-order valence-electron chi connectivity index (χ3n) is 7.52. The van der Waals surface area contributed by atoms with Crippen LogP contribution < -0.4 is 0 Å². The second-order valence-electron chi connectivity index (χ2n) is 10.1. The van der Waals surface area contributed by atoms with Crippen molar-refractivity contribution in [3.05, 3.63) is 60.4 Å². The van der Waals surface area contributed by atoms with Gasteiger partial charge in [0.2, 0.25) is 5.91 Å². The van der Waals surface area contributed by atoms with Gasteiger partial charge >= 0.3 is 0 Å². The van der Waals surface area contributed by atoms with Crippen molar-refractivity contribution in [3.8, 4) is 11.1 Å². The van der Waals surface area contributed by atoms with E-state index >= 15 is 0 Å². The fraction of sp³-hybridized carbons (Fsp3) is 0.370. The molecule has 2 amide bonds. The van der Waals surface area contributed by atoms with E-state index in [0.29, 0.717) is 18.4 Å². The van der Waals surface area contributed by atoms with Crippen LogP contribution in [0, 0.1) is 11.8 Å². The van der Waals surface area contributed by atoms with E-state index in [0.717, 1.165) is 72.3 Å². The summed E-state index contributed by atoms with van der Waals surface area (Å²) in [4.78, 5) is 43.0. The second kappa shape index (κ2) is 7.19. The van der Waals surface area contributed by atoms with E-state index in [-0.39, 0.29) is 11.8 Å². The number of hydrogen-bond donors (Lipinski definition) is 0. The van der Waals surface area contributed by atoms with E-state index in [1.54, 1.807) is 12.4 Å². The lowest BCUT2D eigenvalue weighted by atomic mass is 9.97. The number of hydrogen-bond acceptors (Lipinski definition) is 5. The molecule has 7 heteroatoms. The number of carbonyl (C=O) groups excluding carboxylic acids is 2. The van der Waals surface area contributed by atoms with Crippen molar-refractivity contribution in [2.75, 3.05) is 19.6 Å². The molecule has 2 aliphatic heterocycles. The smallest absolute Gasteiger partial charge is 0.256 e. The molecule has 0 N–H and O–H groups in total. The van der Waals surface area contributed by atoms with Gasteiger partial charge in [-0.1, -0.05) is 30.3 Å². The molecule has 2 saturated carbocycles. The van der Waals surface area contributed by atoms with Gasteiger partial charge < -0.3 is 4.90 Å². The predicted octanol–water partition coefficient (Wildman–Crippen LogP) is 3.29. The molecule has 7 rings (SSSR count). The lowest BCUT2D eigenvalue weighted by molar-refractivity contribution is -0.139. The van der Waals surface area contributed by atoms with Crippen LogP contribution >= 0.6 is 0 Å². The Morgan fingerprint density at radius 2 is 1.59 bits per heavy atom. The molecule has 0 atom stereocenters. The van der Waals surface area contributed by atoms with E-state index in [1.165, 1.54) is 0 Å². The van der Waals surface area contributed by atoms with Gasteiger partial charge in [0, 0.05) is 49.4 Å². The maximum atomic E-state index is 13.2. The molecule has 1 aromatic heterocycles. The average molecular weight is 452 g/mol. The van der Waals surface area contributed by atoms with Crippen molar-refractivity contribution in [1.29, 1.82) is 0 Å². The molecule has 1 saturated heterocycles. The summed E-state index contributed by atoms with van der Waals surface area (Å²) in [7, 11) is 0. The fourth-order valence-electron chi connectivity index (χ4n) is 5.16. The lowest BCUT2D eigenvalue weighted by Gasteiger charge is -2.41. The minimum Gasteiger partial charge on any atom is -0.342 e. The third kappa shape index (κ3) is 3.22. The van der Waals surface area contributed by atoms with Gasteiger partial charge in [0.15, 0.2) is 0 Å². The molecule has 3 aromatic rings. The Balaban J connectivity index is 1.11. The molecular weight excluding hydrogens is 426 g/mol. The van der Waals surface area contributed by atoms with Crippen LogP contribution in [-0.4, -0.2) is 62.6 Å². The molecule has 0 bridgehead atoms. The van der Waals surface area contributed by atoms with Crippen LogP contribution in [0.3, 0.4) is 0 Å². The van der Waals surface area contributed by atoms with Crippen LogP contribution in [0.15, 0.2) is 59.9 Å². The summed E-state index contributed by atoms with van der Waals surface area (Å²) in [5, 5.41) is 0. The molecule has 2 aliphatic carbocycles. The number of benzene rings is 2. The number of carbonyl (C=O) groups is 2. The minimum absolute atomic E-state index is 0.131. The molecule has 7 nitrogen and oxygen atoms in total. The highest BCUT2D eigenvalue weighted by molar-refractivity contribution is 6.16. The molecule has 2 aromatic carbocycles. The van der Waals surface area contributed by atoms with E-state index in [1.807, 2.05) is 21.9 Å². The summed E-state index contributed by atoms with van der Waals surface area (Å²) in [6, 6.07) is 14.4. The van der Waals surface area contributed by atoms with Gasteiger partial charge in [-0.25, -0.2) is 0 Å². The number of fused-ring (bicyclic) bond motifs is 1. The topological polar surface area (TPSA) is 78.8 Å². The summed E-state index contributed by atoms with van der Waals surface area (Å²) < 4.78 is 0. The van der Waals surface area contributed by atoms with Gasteiger partial charge in [0.1, 0.15) is 11.4 Å². The highest BCUT2D eigenvalue weighted by atomic mass is 16.2. The monoisotopic (exact) mass is 451 g/mol. The summed E-state index contributed by atoms with van der Waals surface area (Å²) in [6.45, 7) is 2.14. The first kappa shape index (κ1) is 19.8. The predicted molar refractivity (Wildman–Crippen MR) is 128 cm³/mol. The fourth-order valence-corrected chi connectivity index (χ4v) is 5.16. The van der Waals surface area contributed by atoms with Gasteiger partial charge in [0.25, 0.3) is 5.91 Å². The van der Waals surface area contributed by atoms with Crippen LogP contribution in [0.25, 0.3) is 22.2 Å². The zero-order valence-electron chi connectivity index (χ0n) is 18.9. The third-order valence-corrected chi connectivity index (χ3v) is 7.52. The molecule has 34 heavy (non-hydrogen) atoms. The van der Waals surface area contributed by atoms with Crippen molar-refractivity contribution in [3.63, 3.8) is 0 Å². The van der Waals surface area contributed by atoms with E-state index in [9.17, 15) is 9.59 Å². The van der Waals surface area contributed by atoms with Gasteiger partial charge in [-0.15, -0.1) is 0 Å². The van der Waals surface area contributed by atoms with Crippen molar-refractivity contribution in [1.82, 2.24) is 19.8 Å². The number of amidine groups is 1. The number of nitrogens with zero attached hydrogens (tertiary/aromatic N) is 5. The van der Waals surface area contributed by atoms with E-state index in [2.05, 4.69) is 40.3 Å². The largest absolute Gasteiger partial charge is 0.342 e. The summed E-state index contributed by atoms with van der Waals surface area (Å²) in [5.74, 6) is 1.79. The summed E-state index contributed by atoms with van der Waals surface area (Å²) >= 11 is 0. The molecular formula is C27H25N5O2. The SMILES string of the molecule is O=C(C1CC1)N1CC(CN2C(=O)C3(CC3)N=C2c2ccc(-c3ccc4nccnc4c3)cc2)C1. The van der Waals surface area contributed by atoms with Crippen LogP contribution in [0.5, 0.6) is 0 Å². The Morgan fingerprint density at radius 1 is 0.912 bits per heavy atom. The number of amides is 2. The maximum Gasteiger partial charge on any atom is 0.256 e. The first-order valence-electron chi connectivity index (χ1n) is 12.1. The van der Waals surface area contributed by atoms with Gasteiger partial charge in [-0.2, -0.15) is 0 Å². The molecule has 4 aliphatic rings. The van der Waals surface area contributed by atoms with Crippen molar-refractivity contribution in [2.24, 2.45) is 16.8 Å². The molecule has 3 fully saturated rings.